The van der Waals surface area contributed by atoms with Gasteiger partial charge in [0.05, 0.1) is 0 Å². The summed E-state index contributed by atoms with van der Waals surface area (Å²) >= 11 is 0. The highest BCUT2D eigenvalue weighted by Crippen LogP contribution is 2.24. The van der Waals surface area contributed by atoms with Gasteiger partial charge in [0.15, 0.2) is 6.10 Å². The number of carbonyl (C=O) groups excluding carboxylic acids is 1. The number of rotatable bonds is 5. The smallest absolute Gasteiger partial charge is 0.260 e. The second-order valence-corrected chi connectivity index (χ2v) is 6.67. The highest BCUT2D eigenvalue weighted by atomic mass is 16.5. The Labute approximate surface area is 122 Å². The van der Waals surface area contributed by atoms with Crippen molar-refractivity contribution in [2.45, 2.75) is 53.1 Å². The minimum absolute atomic E-state index is 0.0707. The zero-order chi connectivity index (χ0) is 15.3. The Bertz CT molecular complexity index is 429. The van der Waals surface area contributed by atoms with E-state index in [2.05, 4.69) is 39.9 Å². The molecule has 0 saturated heterocycles. The number of hydrogen-bond acceptors (Lipinski definition) is 2. The summed E-state index contributed by atoms with van der Waals surface area (Å²) < 4.78 is 5.66. The van der Waals surface area contributed by atoms with Crippen LogP contribution in [0.2, 0.25) is 0 Å². The molecule has 0 heterocycles. The van der Waals surface area contributed by atoms with E-state index in [0.29, 0.717) is 12.5 Å². The van der Waals surface area contributed by atoms with Gasteiger partial charge in [-0.1, -0.05) is 46.8 Å². The maximum Gasteiger partial charge on any atom is 0.260 e. The van der Waals surface area contributed by atoms with Crippen LogP contribution in [0.15, 0.2) is 24.3 Å². The van der Waals surface area contributed by atoms with Crippen LogP contribution in [0.4, 0.5) is 0 Å². The fraction of sp³-hybridized carbons (Fsp3) is 0.588. The molecular formula is C17H27NO2. The predicted octanol–water partition coefficient (Wildman–Crippen LogP) is 3.52. The van der Waals surface area contributed by atoms with Gasteiger partial charge in [0.1, 0.15) is 5.75 Å². The van der Waals surface area contributed by atoms with Crippen molar-refractivity contribution in [3.8, 4) is 5.75 Å². The largest absolute Gasteiger partial charge is 0.481 e. The van der Waals surface area contributed by atoms with Crippen molar-refractivity contribution in [2.24, 2.45) is 5.92 Å². The molecule has 112 valence electrons. The molecule has 0 saturated carbocycles. The van der Waals surface area contributed by atoms with E-state index in [1.165, 1.54) is 5.56 Å². The van der Waals surface area contributed by atoms with Crippen molar-refractivity contribution < 1.29 is 9.53 Å². The average Bonchev–Trinajstić information content (AvgIpc) is 2.35. The number of benzene rings is 1. The van der Waals surface area contributed by atoms with Crippen LogP contribution in [0.1, 0.15) is 47.1 Å². The first-order valence-corrected chi connectivity index (χ1v) is 7.25. The molecule has 0 aliphatic rings. The third-order valence-electron chi connectivity index (χ3n) is 3.09. The topological polar surface area (TPSA) is 38.3 Å². The van der Waals surface area contributed by atoms with Crippen molar-refractivity contribution in [2.75, 3.05) is 6.54 Å². The lowest BCUT2D eigenvalue weighted by molar-refractivity contribution is -0.127. The van der Waals surface area contributed by atoms with E-state index < -0.39 is 6.10 Å². The summed E-state index contributed by atoms with van der Waals surface area (Å²) in [6, 6.07) is 7.95. The minimum Gasteiger partial charge on any atom is -0.481 e. The molecule has 0 aliphatic carbocycles. The van der Waals surface area contributed by atoms with Gasteiger partial charge in [-0.15, -0.1) is 0 Å². The van der Waals surface area contributed by atoms with Gasteiger partial charge >= 0.3 is 0 Å². The molecule has 0 aromatic heterocycles. The van der Waals surface area contributed by atoms with Gasteiger partial charge in [0.2, 0.25) is 0 Å². The minimum atomic E-state index is -0.478. The van der Waals surface area contributed by atoms with E-state index in [4.69, 9.17) is 4.74 Å². The molecule has 0 fully saturated rings. The molecule has 3 nitrogen and oxygen atoms in total. The summed E-state index contributed by atoms with van der Waals surface area (Å²) in [4.78, 5) is 11.8. The zero-order valence-electron chi connectivity index (χ0n) is 13.5. The van der Waals surface area contributed by atoms with E-state index in [-0.39, 0.29) is 11.3 Å². The van der Waals surface area contributed by atoms with Crippen LogP contribution in [0.3, 0.4) is 0 Å². The molecule has 0 aliphatic heterocycles. The quantitative estimate of drug-likeness (QED) is 0.894. The Morgan fingerprint density at radius 3 is 2.15 bits per heavy atom. The van der Waals surface area contributed by atoms with Crippen LogP contribution in [0.5, 0.6) is 5.75 Å². The van der Waals surface area contributed by atoms with Crippen LogP contribution in [0, 0.1) is 5.92 Å². The summed E-state index contributed by atoms with van der Waals surface area (Å²) in [6.07, 6.45) is -0.478. The first-order chi connectivity index (χ1) is 9.20. The third-order valence-corrected chi connectivity index (χ3v) is 3.09. The highest BCUT2D eigenvalue weighted by Gasteiger charge is 2.16. The molecule has 1 rings (SSSR count). The van der Waals surface area contributed by atoms with E-state index in [9.17, 15) is 4.79 Å². The van der Waals surface area contributed by atoms with Crippen LogP contribution in [-0.4, -0.2) is 18.6 Å². The fourth-order valence-electron chi connectivity index (χ4n) is 1.74. The van der Waals surface area contributed by atoms with Gasteiger partial charge < -0.3 is 10.1 Å². The number of hydrogen-bond donors (Lipinski definition) is 1. The summed E-state index contributed by atoms with van der Waals surface area (Å²) in [7, 11) is 0. The Morgan fingerprint density at radius 1 is 1.15 bits per heavy atom. The van der Waals surface area contributed by atoms with Crippen molar-refractivity contribution in [1.82, 2.24) is 5.32 Å². The molecule has 0 bridgehead atoms. The Kier molecular flexibility index (Phi) is 5.61. The molecule has 20 heavy (non-hydrogen) atoms. The third kappa shape index (κ3) is 5.24. The summed E-state index contributed by atoms with van der Waals surface area (Å²) in [5.41, 5.74) is 1.38. The molecule has 1 atom stereocenters. The first kappa shape index (κ1) is 16.5. The lowest BCUT2D eigenvalue weighted by Gasteiger charge is -2.20. The number of ether oxygens (including phenoxy) is 1. The molecular weight excluding hydrogens is 250 g/mol. The standard InChI is InChI=1S/C17H27NO2/c1-12(2)11-18-16(19)13(3)20-15-9-7-14(8-10-15)17(4,5)6/h7-10,12-13H,11H2,1-6H3,(H,18,19). The van der Waals surface area contributed by atoms with Crippen LogP contribution in [0.25, 0.3) is 0 Å². The van der Waals surface area contributed by atoms with Crippen molar-refractivity contribution in [1.29, 1.82) is 0 Å². The molecule has 1 amide bonds. The molecule has 0 spiro atoms. The Balaban J connectivity index is 2.58. The molecule has 1 aromatic rings. The lowest BCUT2D eigenvalue weighted by Crippen LogP contribution is -2.38. The van der Waals surface area contributed by atoms with Crippen molar-refractivity contribution >= 4 is 5.91 Å². The second-order valence-electron chi connectivity index (χ2n) is 6.67. The zero-order valence-corrected chi connectivity index (χ0v) is 13.5. The summed E-state index contributed by atoms with van der Waals surface area (Å²) in [6.45, 7) is 13.1. The Morgan fingerprint density at radius 2 is 1.70 bits per heavy atom. The average molecular weight is 277 g/mol. The Hall–Kier alpha value is -1.51. The van der Waals surface area contributed by atoms with E-state index in [1.54, 1.807) is 6.92 Å². The maximum absolute atomic E-state index is 11.8. The summed E-state index contributed by atoms with van der Waals surface area (Å²) in [5, 5.41) is 2.87. The van der Waals surface area contributed by atoms with Crippen molar-refractivity contribution in [3.05, 3.63) is 29.8 Å². The second kappa shape index (κ2) is 6.78. The highest BCUT2D eigenvalue weighted by molar-refractivity contribution is 5.80. The van der Waals surface area contributed by atoms with Crippen LogP contribution < -0.4 is 10.1 Å². The SMILES string of the molecule is CC(C)CNC(=O)C(C)Oc1ccc(C(C)(C)C)cc1. The van der Waals surface area contributed by atoms with Gasteiger partial charge in [-0.2, -0.15) is 0 Å². The van der Waals surface area contributed by atoms with Crippen LogP contribution >= 0.6 is 0 Å². The van der Waals surface area contributed by atoms with Crippen molar-refractivity contribution in [3.63, 3.8) is 0 Å². The molecule has 1 aromatic carbocycles. The molecule has 0 radical (unpaired) electrons. The predicted molar refractivity (Wildman–Crippen MR) is 83.1 cm³/mol. The van der Waals surface area contributed by atoms with Gasteiger partial charge in [0, 0.05) is 6.54 Å². The lowest BCUT2D eigenvalue weighted by atomic mass is 9.87. The van der Waals surface area contributed by atoms with Gasteiger partial charge in [-0.05, 0) is 36.0 Å². The van der Waals surface area contributed by atoms with Crippen LogP contribution in [-0.2, 0) is 10.2 Å². The molecule has 3 heteroatoms. The van der Waals surface area contributed by atoms with E-state index in [0.717, 1.165) is 5.75 Å². The van der Waals surface area contributed by atoms with Gasteiger partial charge in [-0.25, -0.2) is 0 Å². The molecule has 1 unspecified atom stereocenters. The number of carbonyl (C=O) groups is 1. The normalized spacial score (nSPS) is 13.2. The van der Waals surface area contributed by atoms with E-state index in [1.807, 2.05) is 24.3 Å². The number of amides is 1. The first-order valence-electron chi connectivity index (χ1n) is 7.25. The van der Waals surface area contributed by atoms with E-state index >= 15 is 0 Å². The van der Waals surface area contributed by atoms with Gasteiger partial charge in [-0.3, -0.25) is 4.79 Å². The fourth-order valence-corrected chi connectivity index (χ4v) is 1.74. The maximum atomic E-state index is 11.8. The summed E-state index contributed by atoms with van der Waals surface area (Å²) in [5.74, 6) is 1.10. The monoisotopic (exact) mass is 277 g/mol. The molecule has 1 N–H and O–H groups in total. The number of nitrogens with one attached hydrogen (secondary N) is 1. The van der Waals surface area contributed by atoms with Gasteiger partial charge in [0.25, 0.3) is 5.91 Å².